The molecular weight excluding hydrogens is 154 g/mol. The summed E-state index contributed by atoms with van der Waals surface area (Å²) in [5, 5.41) is 11.6. The maximum absolute atomic E-state index is 11.0. The average Bonchev–Trinajstić information content (AvgIpc) is 2.03. The van der Waals surface area contributed by atoms with E-state index in [2.05, 4.69) is 0 Å². The lowest BCUT2D eigenvalue weighted by Crippen LogP contribution is -2.12. The number of ketones is 1. The van der Waals surface area contributed by atoms with Gasteiger partial charge in [-0.25, -0.2) is 0 Å². The van der Waals surface area contributed by atoms with E-state index in [1.54, 1.807) is 6.08 Å². The normalized spacial score (nSPS) is 21.8. The zero-order valence-corrected chi connectivity index (χ0v) is 6.49. The molecule has 0 unspecified atom stereocenters. The Morgan fingerprint density at radius 2 is 2.33 bits per heavy atom. The van der Waals surface area contributed by atoms with Crippen LogP contribution in [0, 0.1) is 5.21 Å². The van der Waals surface area contributed by atoms with Crippen molar-refractivity contribution in [1.29, 1.82) is 0 Å². The van der Waals surface area contributed by atoms with Gasteiger partial charge in [-0.3, -0.25) is 4.79 Å². The quantitative estimate of drug-likeness (QED) is 0.542. The first-order valence-electron chi connectivity index (χ1n) is 3.82. The number of rotatable bonds is 0. The van der Waals surface area contributed by atoms with Crippen LogP contribution >= 0.6 is 0 Å². The Balaban J connectivity index is 2.34. The van der Waals surface area contributed by atoms with Crippen molar-refractivity contribution >= 4 is 5.78 Å². The molecule has 12 heavy (non-hydrogen) atoms. The SMILES string of the molecule is O=C1CC=C2C=CN([O-])C=C2C1. The molecule has 3 nitrogen and oxygen atoms in total. The lowest BCUT2D eigenvalue weighted by molar-refractivity contribution is -0.117. The first-order valence-corrected chi connectivity index (χ1v) is 3.82. The van der Waals surface area contributed by atoms with E-state index in [4.69, 9.17) is 0 Å². The van der Waals surface area contributed by atoms with E-state index < -0.39 is 0 Å². The Bertz CT molecular complexity index is 312. The molecule has 0 N–H and O–H groups in total. The fraction of sp³-hybridized carbons (Fsp3) is 0.222. The summed E-state index contributed by atoms with van der Waals surface area (Å²) in [7, 11) is 0. The molecule has 0 saturated heterocycles. The minimum Gasteiger partial charge on any atom is -0.755 e. The number of hydrogen-bond acceptors (Lipinski definition) is 3. The second-order valence-corrected chi connectivity index (χ2v) is 2.91. The first-order chi connectivity index (χ1) is 5.75. The summed E-state index contributed by atoms with van der Waals surface area (Å²) in [4.78, 5) is 11.0. The van der Waals surface area contributed by atoms with Gasteiger partial charge in [0.15, 0.2) is 0 Å². The van der Waals surface area contributed by atoms with E-state index in [9.17, 15) is 10.0 Å². The van der Waals surface area contributed by atoms with E-state index in [1.165, 1.54) is 12.4 Å². The molecule has 0 atom stereocenters. The minimum atomic E-state index is 0.175. The predicted octanol–water partition coefficient (Wildman–Crippen LogP) is 1.49. The Hall–Kier alpha value is -1.35. The molecule has 1 aliphatic heterocycles. The summed E-state index contributed by atoms with van der Waals surface area (Å²) in [5.41, 5.74) is 1.85. The van der Waals surface area contributed by atoms with Crippen LogP contribution in [0.15, 0.2) is 35.7 Å². The molecule has 0 aromatic rings. The van der Waals surface area contributed by atoms with Crippen molar-refractivity contribution in [3.8, 4) is 0 Å². The van der Waals surface area contributed by atoms with Crippen molar-refractivity contribution in [3.05, 3.63) is 40.9 Å². The van der Waals surface area contributed by atoms with Crippen LogP contribution in [-0.4, -0.2) is 10.8 Å². The fourth-order valence-electron chi connectivity index (χ4n) is 1.39. The summed E-state index contributed by atoms with van der Waals surface area (Å²) in [5.74, 6) is 0.175. The Morgan fingerprint density at radius 3 is 3.17 bits per heavy atom. The number of hydroxylamine groups is 2. The summed E-state index contributed by atoms with van der Waals surface area (Å²) >= 11 is 0. The van der Waals surface area contributed by atoms with Crippen LogP contribution < -0.4 is 0 Å². The number of Topliss-reactive ketones (excluding diaryl/α,β-unsaturated/α-hetero) is 1. The molecule has 2 rings (SSSR count). The molecule has 0 amide bonds. The van der Waals surface area contributed by atoms with Gasteiger partial charge in [0.2, 0.25) is 0 Å². The molecule has 1 heterocycles. The van der Waals surface area contributed by atoms with Crippen molar-refractivity contribution in [2.24, 2.45) is 0 Å². The van der Waals surface area contributed by atoms with E-state index in [0.717, 1.165) is 16.2 Å². The van der Waals surface area contributed by atoms with Gasteiger partial charge in [-0.05, 0) is 29.6 Å². The third-order valence-corrected chi connectivity index (χ3v) is 1.99. The maximum atomic E-state index is 11.0. The van der Waals surface area contributed by atoms with Gasteiger partial charge in [0.25, 0.3) is 0 Å². The van der Waals surface area contributed by atoms with Crippen LogP contribution in [0.4, 0.5) is 0 Å². The summed E-state index contributed by atoms with van der Waals surface area (Å²) < 4.78 is 0. The van der Waals surface area contributed by atoms with E-state index in [1.807, 2.05) is 6.08 Å². The van der Waals surface area contributed by atoms with Crippen LogP contribution in [0.2, 0.25) is 0 Å². The molecular formula is C9H8NO2-. The standard InChI is InChI=1S/C9H8NO2/c11-9-2-1-7-3-4-10(12)6-8(7)5-9/h1,3-4,6H,2,5H2/q-1. The molecule has 0 saturated carbocycles. The number of allylic oxidation sites excluding steroid dienone is 4. The largest absolute Gasteiger partial charge is 0.755 e. The molecule has 0 fully saturated rings. The van der Waals surface area contributed by atoms with E-state index in [0.29, 0.717) is 12.8 Å². The highest BCUT2D eigenvalue weighted by molar-refractivity contribution is 5.86. The highest BCUT2D eigenvalue weighted by atomic mass is 16.5. The maximum Gasteiger partial charge on any atom is 0.141 e. The molecule has 1 aliphatic carbocycles. The van der Waals surface area contributed by atoms with Gasteiger partial charge < -0.3 is 10.3 Å². The molecule has 0 bridgehead atoms. The summed E-state index contributed by atoms with van der Waals surface area (Å²) in [6, 6.07) is 0. The second-order valence-electron chi connectivity index (χ2n) is 2.91. The van der Waals surface area contributed by atoms with Gasteiger partial charge in [-0.2, -0.15) is 0 Å². The monoisotopic (exact) mass is 162 g/mol. The highest BCUT2D eigenvalue weighted by Crippen LogP contribution is 2.26. The van der Waals surface area contributed by atoms with Gasteiger partial charge in [-0.1, -0.05) is 6.08 Å². The topological polar surface area (TPSA) is 43.4 Å². The van der Waals surface area contributed by atoms with Crippen LogP contribution in [0.25, 0.3) is 0 Å². The number of nitrogens with zero attached hydrogens (tertiary/aromatic N) is 1. The Kier molecular flexibility index (Phi) is 1.59. The van der Waals surface area contributed by atoms with Crippen LogP contribution in [-0.2, 0) is 4.79 Å². The molecule has 0 aromatic heterocycles. The van der Waals surface area contributed by atoms with Crippen molar-refractivity contribution in [3.63, 3.8) is 0 Å². The van der Waals surface area contributed by atoms with Gasteiger partial charge in [0.1, 0.15) is 5.78 Å². The second kappa shape index (κ2) is 2.60. The van der Waals surface area contributed by atoms with Crippen molar-refractivity contribution in [2.75, 3.05) is 0 Å². The average molecular weight is 162 g/mol. The number of hydrogen-bond donors (Lipinski definition) is 0. The zero-order chi connectivity index (χ0) is 8.55. The molecule has 0 aromatic carbocycles. The number of carbonyl (C=O) groups is 1. The third kappa shape index (κ3) is 1.19. The minimum absolute atomic E-state index is 0.175. The Morgan fingerprint density at radius 1 is 1.50 bits per heavy atom. The number of fused-ring (bicyclic) bond motifs is 1. The summed E-state index contributed by atoms with van der Waals surface area (Å²) in [6.07, 6.45) is 7.41. The first kappa shape index (κ1) is 7.31. The van der Waals surface area contributed by atoms with E-state index in [-0.39, 0.29) is 5.78 Å². The van der Waals surface area contributed by atoms with Crippen LogP contribution in [0.1, 0.15) is 12.8 Å². The smallest absolute Gasteiger partial charge is 0.141 e. The predicted molar refractivity (Wildman–Crippen MR) is 44.8 cm³/mol. The molecule has 0 spiro atoms. The van der Waals surface area contributed by atoms with Gasteiger partial charge >= 0.3 is 0 Å². The van der Waals surface area contributed by atoms with Crippen molar-refractivity contribution in [1.82, 2.24) is 5.06 Å². The lowest BCUT2D eigenvalue weighted by Gasteiger charge is -2.28. The van der Waals surface area contributed by atoms with Gasteiger partial charge in [-0.15, -0.1) is 0 Å². The van der Waals surface area contributed by atoms with Crippen molar-refractivity contribution in [2.45, 2.75) is 12.8 Å². The van der Waals surface area contributed by atoms with Gasteiger partial charge in [0, 0.05) is 12.8 Å². The molecule has 62 valence electrons. The fourth-order valence-corrected chi connectivity index (χ4v) is 1.39. The van der Waals surface area contributed by atoms with Gasteiger partial charge in [0.05, 0.1) is 0 Å². The molecule has 0 radical (unpaired) electrons. The number of carbonyl (C=O) groups excluding carboxylic acids is 1. The lowest BCUT2D eigenvalue weighted by atomic mass is 9.92. The van der Waals surface area contributed by atoms with Crippen LogP contribution in [0.3, 0.4) is 0 Å². The Labute approximate surface area is 70.2 Å². The summed E-state index contributed by atoms with van der Waals surface area (Å²) in [6.45, 7) is 0. The molecule has 3 heteroatoms. The van der Waals surface area contributed by atoms with Crippen molar-refractivity contribution < 1.29 is 4.79 Å². The highest BCUT2D eigenvalue weighted by Gasteiger charge is 2.15. The zero-order valence-electron chi connectivity index (χ0n) is 6.49. The molecule has 2 aliphatic rings. The van der Waals surface area contributed by atoms with E-state index >= 15 is 0 Å². The third-order valence-electron chi connectivity index (χ3n) is 1.99. The van der Waals surface area contributed by atoms with Crippen LogP contribution in [0.5, 0.6) is 0 Å².